The van der Waals surface area contributed by atoms with Gasteiger partial charge in [-0.05, 0) is 55.3 Å². The number of para-hydroxylation sites is 1. The fourth-order valence-corrected chi connectivity index (χ4v) is 2.91. The highest BCUT2D eigenvalue weighted by molar-refractivity contribution is 6.02. The second kappa shape index (κ2) is 9.78. The first-order chi connectivity index (χ1) is 15.6. The maximum atomic E-state index is 12.6. The number of ether oxygens (including phenoxy) is 1. The fourth-order valence-electron chi connectivity index (χ4n) is 2.91. The lowest BCUT2D eigenvalue weighted by Crippen LogP contribution is -2.30. The summed E-state index contributed by atoms with van der Waals surface area (Å²) < 4.78 is 6.79. The molecule has 4 rings (SSSR count). The van der Waals surface area contributed by atoms with E-state index in [1.165, 1.54) is 16.8 Å². The number of aromatic nitrogens is 2. The largest absolute Gasteiger partial charge is 0.492 e. The Hall–Kier alpha value is -4.14. The Morgan fingerprint density at radius 1 is 0.938 bits per heavy atom. The van der Waals surface area contributed by atoms with Crippen molar-refractivity contribution in [2.75, 3.05) is 17.2 Å². The van der Waals surface area contributed by atoms with E-state index in [4.69, 9.17) is 4.74 Å². The molecule has 0 aliphatic heterocycles. The first-order valence-electron chi connectivity index (χ1n) is 10.3. The normalized spacial score (nSPS) is 12.6. The summed E-state index contributed by atoms with van der Waals surface area (Å²) in [5, 5.41) is 12.5. The van der Waals surface area contributed by atoms with Crippen LogP contribution >= 0.6 is 0 Å². The van der Waals surface area contributed by atoms with E-state index in [0.717, 1.165) is 12.8 Å². The van der Waals surface area contributed by atoms with E-state index in [1.54, 1.807) is 24.3 Å². The van der Waals surface area contributed by atoms with E-state index in [2.05, 4.69) is 21.0 Å². The highest BCUT2D eigenvalue weighted by Crippen LogP contribution is 2.19. The molecular weight excluding hydrogens is 410 g/mol. The number of hydrogen-bond donors (Lipinski definition) is 3. The van der Waals surface area contributed by atoms with Gasteiger partial charge in [0.15, 0.2) is 0 Å². The molecule has 2 aromatic carbocycles. The minimum Gasteiger partial charge on any atom is -0.492 e. The smallest absolute Gasteiger partial charge is 0.319 e. The van der Waals surface area contributed by atoms with Crippen LogP contribution in [0.3, 0.4) is 0 Å². The van der Waals surface area contributed by atoms with Gasteiger partial charge in [-0.2, -0.15) is 5.10 Å². The van der Waals surface area contributed by atoms with Crippen LogP contribution in [0.1, 0.15) is 23.3 Å². The number of hydrogen-bond acceptors (Lipinski definition) is 5. The summed E-state index contributed by atoms with van der Waals surface area (Å²) in [6.07, 6.45) is 2.03. The minimum atomic E-state index is -0.449. The van der Waals surface area contributed by atoms with Crippen LogP contribution in [0.4, 0.5) is 16.2 Å². The Morgan fingerprint density at radius 2 is 1.62 bits per heavy atom. The van der Waals surface area contributed by atoms with Gasteiger partial charge in [-0.15, -0.1) is 0 Å². The minimum absolute atomic E-state index is 0.107. The number of urea groups is 1. The van der Waals surface area contributed by atoms with Crippen LogP contribution in [-0.2, 0) is 6.54 Å². The molecular formula is C23H23N5O4. The van der Waals surface area contributed by atoms with Crippen LogP contribution in [0.2, 0.25) is 0 Å². The molecule has 1 aliphatic carbocycles. The summed E-state index contributed by atoms with van der Waals surface area (Å²) in [7, 11) is 0. The Morgan fingerprint density at radius 3 is 2.31 bits per heavy atom. The third-order valence-corrected chi connectivity index (χ3v) is 4.73. The molecule has 0 atom stereocenters. The summed E-state index contributed by atoms with van der Waals surface area (Å²) >= 11 is 0. The lowest BCUT2D eigenvalue weighted by molar-refractivity contribution is 0.101. The average molecular weight is 433 g/mol. The molecule has 0 unspecified atom stereocenters. The third-order valence-electron chi connectivity index (χ3n) is 4.73. The number of nitrogens with one attached hydrogen (secondary N) is 3. The third kappa shape index (κ3) is 5.94. The molecule has 3 aromatic rings. The van der Waals surface area contributed by atoms with Gasteiger partial charge in [-0.3, -0.25) is 9.59 Å². The van der Waals surface area contributed by atoms with Crippen LogP contribution in [0.5, 0.6) is 5.75 Å². The molecule has 0 bridgehead atoms. The first kappa shape index (κ1) is 21.1. The van der Waals surface area contributed by atoms with Crippen molar-refractivity contribution in [3.63, 3.8) is 0 Å². The molecule has 164 valence electrons. The van der Waals surface area contributed by atoms with Crippen LogP contribution in [0.25, 0.3) is 0 Å². The fraction of sp³-hybridized carbons (Fsp3) is 0.217. The van der Waals surface area contributed by atoms with Gasteiger partial charge in [-0.1, -0.05) is 18.2 Å². The van der Waals surface area contributed by atoms with Gasteiger partial charge in [0.05, 0.1) is 6.54 Å². The Labute approximate surface area is 184 Å². The van der Waals surface area contributed by atoms with Gasteiger partial charge in [0.1, 0.15) is 18.1 Å². The Balaban J connectivity index is 1.32. The summed E-state index contributed by atoms with van der Waals surface area (Å²) in [4.78, 5) is 36.4. The van der Waals surface area contributed by atoms with Crippen molar-refractivity contribution in [3.8, 4) is 5.75 Å². The molecule has 9 nitrogen and oxygen atoms in total. The number of nitrogens with zero attached hydrogens (tertiary/aromatic N) is 2. The highest BCUT2D eigenvalue weighted by atomic mass is 16.5. The first-order valence-corrected chi connectivity index (χ1v) is 10.3. The van der Waals surface area contributed by atoms with Crippen molar-refractivity contribution in [1.82, 2.24) is 15.1 Å². The van der Waals surface area contributed by atoms with Crippen LogP contribution in [0.15, 0.2) is 71.5 Å². The monoisotopic (exact) mass is 433 g/mol. The van der Waals surface area contributed by atoms with Crippen molar-refractivity contribution < 1.29 is 14.3 Å². The van der Waals surface area contributed by atoms with Crippen molar-refractivity contribution >= 4 is 23.3 Å². The number of amides is 3. The second-order valence-electron chi connectivity index (χ2n) is 7.35. The molecule has 9 heteroatoms. The predicted molar refractivity (Wildman–Crippen MR) is 120 cm³/mol. The van der Waals surface area contributed by atoms with Crippen molar-refractivity contribution in [2.45, 2.75) is 25.4 Å². The molecule has 0 spiro atoms. The van der Waals surface area contributed by atoms with E-state index in [-0.39, 0.29) is 36.5 Å². The number of benzene rings is 2. The second-order valence-corrected chi connectivity index (χ2v) is 7.35. The van der Waals surface area contributed by atoms with Crippen molar-refractivity contribution in [1.29, 1.82) is 0 Å². The highest BCUT2D eigenvalue weighted by Gasteiger charge is 2.23. The standard InChI is InChI=1S/C23H23N5O4/c29-21-13-12-20(27-28(21)14-15-32-19-4-2-1-3-5-19)22(30)24-16-6-8-17(9-7-16)25-23(31)26-18-10-11-18/h1-9,12-13,18H,10-11,14-15H2,(H,24,30)(H2,25,26,31). The summed E-state index contributed by atoms with van der Waals surface area (Å²) in [6, 6.07) is 18.7. The lowest BCUT2D eigenvalue weighted by atomic mass is 10.2. The molecule has 3 N–H and O–H groups in total. The molecule has 1 aromatic heterocycles. The predicted octanol–water partition coefficient (Wildman–Crippen LogP) is 2.86. The van der Waals surface area contributed by atoms with E-state index in [9.17, 15) is 14.4 Å². The zero-order valence-corrected chi connectivity index (χ0v) is 17.3. The average Bonchev–Trinajstić information content (AvgIpc) is 3.61. The Bertz CT molecular complexity index is 1140. The molecule has 1 saturated carbocycles. The van der Waals surface area contributed by atoms with E-state index < -0.39 is 5.91 Å². The van der Waals surface area contributed by atoms with Crippen LogP contribution in [-0.4, -0.2) is 34.4 Å². The maximum Gasteiger partial charge on any atom is 0.319 e. The maximum absolute atomic E-state index is 12.6. The van der Waals surface area contributed by atoms with Gasteiger partial charge in [0.25, 0.3) is 11.5 Å². The quantitative estimate of drug-likeness (QED) is 0.505. The molecule has 3 amide bonds. The number of rotatable bonds is 8. The molecule has 32 heavy (non-hydrogen) atoms. The SMILES string of the molecule is O=C(Nc1ccc(NC(=O)c2ccc(=O)n(CCOc3ccccc3)n2)cc1)NC1CC1. The molecule has 0 radical (unpaired) electrons. The Kier molecular flexibility index (Phi) is 6.45. The van der Waals surface area contributed by atoms with E-state index in [1.807, 2.05) is 30.3 Å². The zero-order valence-electron chi connectivity index (χ0n) is 17.3. The van der Waals surface area contributed by atoms with Gasteiger partial charge in [-0.25, -0.2) is 9.48 Å². The van der Waals surface area contributed by atoms with Crippen molar-refractivity contribution in [3.05, 3.63) is 82.8 Å². The topological polar surface area (TPSA) is 114 Å². The lowest BCUT2D eigenvalue weighted by Gasteiger charge is -2.10. The van der Waals surface area contributed by atoms with Gasteiger partial charge < -0.3 is 20.7 Å². The van der Waals surface area contributed by atoms with Gasteiger partial charge in [0.2, 0.25) is 0 Å². The van der Waals surface area contributed by atoms with E-state index in [0.29, 0.717) is 17.1 Å². The number of anilines is 2. The molecule has 1 aliphatic rings. The van der Waals surface area contributed by atoms with Gasteiger partial charge >= 0.3 is 6.03 Å². The number of carbonyl (C=O) groups excluding carboxylic acids is 2. The van der Waals surface area contributed by atoms with Crippen LogP contribution < -0.4 is 26.2 Å². The van der Waals surface area contributed by atoms with Gasteiger partial charge in [0, 0.05) is 23.5 Å². The molecule has 0 saturated heterocycles. The van der Waals surface area contributed by atoms with Crippen LogP contribution in [0, 0.1) is 0 Å². The molecule has 1 heterocycles. The van der Waals surface area contributed by atoms with Crippen molar-refractivity contribution in [2.24, 2.45) is 0 Å². The molecule has 1 fully saturated rings. The zero-order chi connectivity index (χ0) is 22.3. The van der Waals surface area contributed by atoms with E-state index >= 15 is 0 Å². The number of carbonyl (C=O) groups is 2. The summed E-state index contributed by atoms with van der Waals surface area (Å²) in [6.45, 7) is 0.447. The summed E-state index contributed by atoms with van der Waals surface area (Å²) in [5.41, 5.74) is 0.940. The summed E-state index contributed by atoms with van der Waals surface area (Å²) in [5.74, 6) is 0.243.